The number of aromatic amines is 1. The van der Waals surface area contributed by atoms with Crippen molar-refractivity contribution in [3.05, 3.63) is 62.1 Å². The van der Waals surface area contributed by atoms with Crippen LogP contribution in [0.25, 0.3) is 10.9 Å². The Labute approximate surface area is 189 Å². The van der Waals surface area contributed by atoms with Gasteiger partial charge in [-0.1, -0.05) is 15.9 Å². The molecule has 1 aliphatic heterocycles. The fourth-order valence-corrected chi connectivity index (χ4v) is 4.79. The van der Waals surface area contributed by atoms with Gasteiger partial charge in [0.2, 0.25) is 0 Å². The van der Waals surface area contributed by atoms with Crippen LogP contribution < -0.4 is 16.3 Å². The number of amides is 1. The van der Waals surface area contributed by atoms with Crippen LogP contribution in [0.4, 0.5) is 5.69 Å². The molecule has 0 aliphatic carbocycles. The Morgan fingerprint density at radius 1 is 1.26 bits per heavy atom. The van der Waals surface area contributed by atoms with Gasteiger partial charge in [0.05, 0.1) is 23.2 Å². The molecule has 1 aromatic carbocycles. The number of aryl methyl sites for hydroxylation is 1. The molecule has 31 heavy (non-hydrogen) atoms. The minimum Gasteiger partial charge on any atom is -0.371 e. The second-order valence-electron chi connectivity index (χ2n) is 8.48. The summed E-state index contributed by atoms with van der Waals surface area (Å²) in [7, 11) is 0. The van der Waals surface area contributed by atoms with E-state index in [0.29, 0.717) is 11.1 Å². The highest BCUT2D eigenvalue weighted by atomic mass is 79.9. The molecule has 0 atom stereocenters. The van der Waals surface area contributed by atoms with Gasteiger partial charge in [-0.3, -0.25) is 14.6 Å². The highest BCUT2D eigenvalue weighted by molar-refractivity contribution is 9.10. The lowest BCUT2D eigenvalue weighted by atomic mass is 10.1. The second-order valence-corrected chi connectivity index (χ2v) is 9.39. The van der Waals surface area contributed by atoms with E-state index in [-0.39, 0.29) is 24.1 Å². The first-order chi connectivity index (χ1) is 14.8. The number of carbonyl (C=O) groups excluding carboxylic acids is 1. The third kappa shape index (κ3) is 4.14. The SMILES string of the molecule is Cc1cc(N2CCCC2)c(CN(N)C(=O)c2cc(Br)cc3c2ccn3C(C)C)c(=O)[nH]1. The molecule has 0 bridgehead atoms. The smallest absolute Gasteiger partial charge is 0.268 e. The van der Waals surface area contributed by atoms with Crippen molar-refractivity contribution in [2.24, 2.45) is 5.84 Å². The van der Waals surface area contributed by atoms with E-state index >= 15 is 0 Å². The summed E-state index contributed by atoms with van der Waals surface area (Å²) in [5.41, 5.74) is 3.47. The van der Waals surface area contributed by atoms with Crippen LogP contribution in [-0.4, -0.2) is 33.6 Å². The van der Waals surface area contributed by atoms with Crippen LogP contribution in [-0.2, 0) is 6.54 Å². The summed E-state index contributed by atoms with van der Waals surface area (Å²) in [5.74, 6) is 5.93. The lowest BCUT2D eigenvalue weighted by Crippen LogP contribution is -2.39. The van der Waals surface area contributed by atoms with Crippen molar-refractivity contribution in [3.8, 4) is 0 Å². The predicted molar refractivity (Wildman–Crippen MR) is 127 cm³/mol. The molecule has 2 aromatic heterocycles. The Bertz CT molecular complexity index is 1190. The summed E-state index contributed by atoms with van der Waals surface area (Å²) in [6.45, 7) is 7.92. The zero-order chi connectivity index (χ0) is 22.3. The first kappa shape index (κ1) is 21.6. The predicted octanol–water partition coefficient (Wildman–Crippen LogP) is 4.10. The maximum atomic E-state index is 13.4. The Balaban J connectivity index is 1.70. The molecule has 4 rings (SSSR count). The van der Waals surface area contributed by atoms with Crippen LogP contribution in [0.1, 0.15) is 54.3 Å². The number of hydrazine groups is 1. The number of pyridine rings is 1. The third-order valence-electron chi connectivity index (χ3n) is 5.87. The van der Waals surface area contributed by atoms with Gasteiger partial charge in [0.25, 0.3) is 11.5 Å². The quantitative estimate of drug-likeness (QED) is 0.323. The zero-order valence-corrected chi connectivity index (χ0v) is 19.7. The fraction of sp³-hybridized carbons (Fsp3) is 0.391. The van der Waals surface area contributed by atoms with E-state index in [2.05, 4.69) is 44.2 Å². The number of hydrogen-bond acceptors (Lipinski definition) is 4. The molecule has 7 nitrogen and oxygen atoms in total. The maximum absolute atomic E-state index is 13.4. The number of nitrogens with zero attached hydrogens (tertiary/aromatic N) is 3. The van der Waals surface area contributed by atoms with Crippen molar-refractivity contribution < 1.29 is 4.79 Å². The number of H-pyrrole nitrogens is 1. The average molecular weight is 486 g/mol. The van der Waals surface area contributed by atoms with Gasteiger partial charge in [0.1, 0.15) is 0 Å². The Kier molecular flexibility index (Phi) is 5.94. The van der Waals surface area contributed by atoms with Crippen LogP contribution in [0, 0.1) is 6.92 Å². The Morgan fingerprint density at radius 3 is 2.65 bits per heavy atom. The van der Waals surface area contributed by atoms with E-state index < -0.39 is 0 Å². The second kappa shape index (κ2) is 8.51. The topological polar surface area (TPSA) is 87.4 Å². The lowest BCUT2D eigenvalue weighted by molar-refractivity contribution is 0.0744. The normalized spacial score (nSPS) is 14.1. The fourth-order valence-electron chi connectivity index (χ4n) is 4.34. The molecule has 3 aromatic rings. The standard InChI is InChI=1S/C23H28BrN5O2/c1-14(2)28-9-6-17-18(11-16(24)12-21(17)28)23(31)29(25)13-19-20(27-7-4-5-8-27)10-15(3)26-22(19)30/h6,9-12,14H,4-5,7-8,13,25H2,1-3H3,(H,26,30). The molecule has 1 amide bonds. The van der Waals surface area contributed by atoms with Crippen molar-refractivity contribution in [1.82, 2.24) is 14.6 Å². The number of carbonyl (C=O) groups is 1. The largest absolute Gasteiger partial charge is 0.371 e. The van der Waals surface area contributed by atoms with Crippen LogP contribution in [0.15, 0.2) is 39.7 Å². The number of anilines is 1. The first-order valence-electron chi connectivity index (χ1n) is 10.6. The molecule has 164 valence electrons. The lowest BCUT2D eigenvalue weighted by Gasteiger charge is -2.24. The van der Waals surface area contributed by atoms with Crippen molar-refractivity contribution in [2.75, 3.05) is 18.0 Å². The highest BCUT2D eigenvalue weighted by Crippen LogP contribution is 2.29. The molecule has 8 heteroatoms. The number of nitrogens with one attached hydrogen (secondary N) is 1. The number of hydrogen-bond donors (Lipinski definition) is 2. The number of halogens is 1. The molecular weight excluding hydrogens is 458 g/mol. The van der Waals surface area contributed by atoms with Gasteiger partial charge < -0.3 is 14.5 Å². The van der Waals surface area contributed by atoms with E-state index in [0.717, 1.165) is 57.7 Å². The number of nitrogens with two attached hydrogens (primary N) is 1. The molecule has 1 aliphatic rings. The Morgan fingerprint density at radius 2 is 1.97 bits per heavy atom. The first-order valence-corrected chi connectivity index (χ1v) is 11.4. The van der Waals surface area contributed by atoms with Crippen LogP contribution >= 0.6 is 15.9 Å². The van der Waals surface area contributed by atoms with E-state index in [4.69, 9.17) is 5.84 Å². The van der Waals surface area contributed by atoms with Crippen molar-refractivity contribution >= 4 is 38.4 Å². The monoisotopic (exact) mass is 485 g/mol. The number of rotatable bonds is 5. The van der Waals surface area contributed by atoms with E-state index in [1.807, 2.05) is 31.3 Å². The summed E-state index contributed by atoms with van der Waals surface area (Å²) >= 11 is 3.52. The maximum Gasteiger partial charge on any atom is 0.268 e. The van der Waals surface area contributed by atoms with Gasteiger partial charge in [-0.25, -0.2) is 5.84 Å². The molecule has 1 fully saturated rings. The van der Waals surface area contributed by atoms with Crippen molar-refractivity contribution in [3.63, 3.8) is 0 Å². The summed E-state index contributed by atoms with van der Waals surface area (Å²) in [6.07, 6.45) is 4.18. The molecule has 3 heterocycles. The molecular formula is C23H28BrN5O2. The van der Waals surface area contributed by atoms with Gasteiger partial charge in [-0.15, -0.1) is 0 Å². The van der Waals surface area contributed by atoms with Gasteiger partial charge in [-0.05, 0) is 57.9 Å². The van der Waals surface area contributed by atoms with Crippen LogP contribution in [0.2, 0.25) is 0 Å². The number of fused-ring (bicyclic) bond motifs is 1. The van der Waals surface area contributed by atoms with Crippen LogP contribution in [0.5, 0.6) is 0 Å². The van der Waals surface area contributed by atoms with Crippen molar-refractivity contribution in [1.29, 1.82) is 0 Å². The number of aromatic nitrogens is 2. The summed E-state index contributed by atoms with van der Waals surface area (Å²) in [5, 5.41) is 1.99. The Hall–Kier alpha value is -2.58. The van der Waals surface area contributed by atoms with Gasteiger partial charge in [-0.2, -0.15) is 0 Å². The van der Waals surface area contributed by atoms with Gasteiger partial charge >= 0.3 is 0 Å². The summed E-state index contributed by atoms with van der Waals surface area (Å²) < 4.78 is 2.93. The minimum absolute atomic E-state index is 0.0408. The third-order valence-corrected chi connectivity index (χ3v) is 6.33. The molecule has 0 unspecified atom stereocenters. The minimum atomic E-state index is -0.319. The molecule has 3 N–H and O–H groups in total. The van der Waals surface area contributed by atoms with E-state index in [1.165, 1.54) is 0 Å². The highest BCUT2D eigenvalue weighted by Gasteiger charge is 2.23. The van der Waals surface area contributed by atoms with Gasteiger partial charge in [0, 0.05) is 46.6 Å². The number of benzene rings is 1. The molecule has 0 spiro atoms. The van der Waals surface area contributed by atoms with Crippen molar-refractivity contribution in [2.45, 2.75) is 46.2 Å². The molecule has 0 saturated carbocycles. The molecule has 0 radical (unpaired) electrons. The zero-order valence-electron chi connectivity index (χ0n) is 18.1. The van der Waals surface area contributed by atoms with Crippen LogP contribution in [0.3, 0.4) is 0 Å². The average Bonchev–Trinajstić information content (AvgIpc) is 3.38. The molecule has 1 saturated heterocycles. The summed E-state index contributed by atoms with van der Waals surface area (Å²) in [4.78, 5) is 31.2. The van der Waals surface area contributed by atoms with Gasteiger partial charge in [0.15, 0.2) is 0 Å². The summed E-state index contributed by atoms with van der Waals surface area (Å²) in [6, 6.07) is 7.97. The van der Waals surface area contributed by atoms with E-state index in [1.54, 1.807) is 6.07 Å². The van der Waals surface area contributed by atoms with E-state index in [9.17, 15) is 9.59 Å².